The van der Waals surface area contributed by atoms with E-state index in [9.17, 15) is 13.2 Å². The van der Waals surface area contributed by atoms with Crippen LogP contribution in [0.2, 0.25) is 0 Å². The third kappa shape index (κ3) is 5.81. The largest absolute Gasteiger partial charge is 0.350 e. The third-order valence-electron chi connectivity index (χ3n) is 1.72. The SMILES string of the molecule is CCN(CC(=O)NC(C)(C)C)S(=O)(=O)CBr. The van der Waals surface area contributed by atoms with Gasteiger partial charge in [-0.15, -0.1) is 0 Å². The van der Waals surface area contributed by atoms with Crippen molar-refractivity contribution in [3.8, 4) is 0 Å². The van der Waals surface area contributed by atoms with Gasteiger partial charge in [0.2, 0.25) is 15.9 Å². The molecule has 0 fully saturated rings. The maximum Gasteiger partial charge on any atom is 0.235 e. The first-order valence-electron chi connectivity index (χ1n) is 4.97. The van der Waals surface area contributed by atoms with Crippen molar-refractivity contribution >= 4 is 31.9 Å². The standard InChI is InChI=1S/C9H19BrN2O3S/c1-5-12(16(14,15)7-10)6-8(13)11-9(2,3)4/h5-7H2,1-4H3,(H,11,13). The molecule has 1 amide bonds. The summed E-state index contributed by atoms with van der Waals surface area (Å²) in [7, 11) is -3.37. The molecule has 16 heavy (non-hydrogen) atoms. The molecule has 0 bridgehead atoms. The minimum Gasteiger partial charge on any atom is -0.350 e. The molecule has 7 heteroatoms. The summed E-state index contributed by atoms with van der Waals surface area (Å²) < 4.78 is 24.0. The summed E-state index contributed by atoms with van der Waals surface area (Å²) in [5.74, 6) is -0.293. The Labute approximate surface area is 106 Å². The number of carbonyl (C=O) groups is 1. The van der Waals surface area contributed by atoms with Crippen molar-refractivity contribution in [2.24, 2.45) is 0 Å². The van der Waals surface area contributed by atoms with Crippen molar-refractivity contribution < 1.29 is 13.2 Å². The van der Waals surface area contributed by atoms with Gasteiger partial charge in [0.05, 0.1) is 6.54 Å². The molecule has 0 aromatic carbocycles. The quantitative estimate of drug-likeness (QED) is 0.767. The van der Waals surface area contributed by atoms with Crippen LogP contribution in [-0.4, -0.2) is 41.9 Å². The van der Waals surface area contributed by atoms with Gasteiger partial charge >= 0.3 is 0 Å². The van der Waals surface area contributed by atoms with Crippen LogP contribution in [0.5, 0.6) is 0 Å². The Morgan fingerprint density at radius 1 is 1.38 bits per heavy atom. The highest BCUT2D eigenvalue weighted by atomic mass is 79.9. The van der Waals surface area contributed by atoms with Crippen LogP contribution < -0.4 is 5.32 Å². The van der Waals surface area contributed by atoms with Gasteiger partial charge in [-0.25, -0.2) is 8.42 Å². The van der Waals surface area contributed by atoms with Crippen LogP contribution in [0.3, 0.4) is 0 Å². The molecule has 0 atom stereocenters. The van der Waals surface area contributed by atoms with Gasteiger partial charge in [-0.1, -0.05) is 22.9 Å². The molecular formula is C9H19BrN2O3S. The van der Waals surface area contributed by atoms with Gasteiger partial charge in [0.15, 0.2) is 0 Å². The first kappa shape index (κ1) is 15.9. The predicted molar refractivity (Wildman–Crippen MR) is 67.9 cm³/mol. The highest BCUT2D eigenvalue weighted by Crippen LogP contribution is 2.05. The van der Waals surface area contributed by atoms with E-state index in [1.807, 2.05) is 20.8 Å². The van der Waals surface area contributed by atoms with Crippen LogP contribution in [0.15, 0.2) is 0 Å². The molecule has 0 aliphatic rings. The Morgan fingerprint density at radius 3 is 2.19 bits per heavy atom. The number of amides is 1. The molecule has 0 aromatic heterocycles. The first-order valence-corrected chi connectivity index (χ1v) is 7.70. The van der Waals surface area contributed by atoms with E-state index < -0.39 is 10.0 Å². The second-order valence-corrected chi connectivity index (χ2v) is 7.72. The number of rotatable bonds is 5. The maximum atomic E-state index is 11.6. The van der Waals surface area contributed by atoms with Crippen molar-refractivity contribution in [2.45, 2.75) is 33.2 Å². The number of carbonyl (C=O) groups excluding carboxylic acids is 1. The van der Waals surface area contributed by atoms with Crippen LogP contribution in [0, 0.1) is 0 Å². The number of likely N-dealkylation sites (N-methyl/N-ethyl adjacent to an activating group) is 1. The zero-order chi connectivity index (χ0) is 13.0. The second kappa shape index (κ2) is 5.97. The third-order valence-corrected chi connectivity index (χ3v) is 4.90. The number of sulfonamides is 1. The summed E-state index contributed by atoms with van der Waals surface area (Å²) in [6, 6.07) is 0. The van der Waals surface area contributed by atoms with E-state index in [1.54, 1.807) is 6.92 Å². The highest BCUT2D eigenvalue weighted by Gasteiger charge is 2.23. The van der Waals surface area contributed by atoms with Gasteiger partial charge in [0, 0.05) is 12.1 Å². The number of nitrogens with zero attached hydrogens (tertiary/aromatic N) is 1. The Bertz CT molecular complexity index is 335. The van der Waals surface area contributed by atoms with Gasteiger partial charge in [0.1, 0.15) is 4.66 Å². The van der Waals surface area contributed by atoms with E-state index in [2.05, 4.69) is 21.2 Å². The van der Waals surface area contributed by atoms with Crippen LogP contribution in [0.4, 0.5) is 0 Å². The summed E-state index contributed by atoms with van der Waals surface area (Å²) in [6.45, 7) is 7.39. The normalized spacial score (nSPS) is 12.9. The van der Waals surface area contributed by atoms with Gasteiger partial charge < -0.3 is 5.32 Å². The van der Waals surface area contributed by atoms with Crippen molar-refractivity contribution in [1.29, 1.82) is 0 Å². The lowest BCUT2D eigenvalue weighted by Crippen LogP contribution is -2.47. The molecule has 0 aliphatic carbocycles. The fourth-order valence-electron chi connectivity index (χ4n) is 1.09. The minimum absolute atomic E-state index is 0.137. The first-order chi connectivity index (χ1) is 7.12. The predicted octanol–water partition coefficient (Wildman–Crippen LogP) is 0.905. The summed E-state index contributed by atoms with van der Waals surface area (Å²) in [4.78, 5) is 11.6. The number of nitrogens with one attached hydrogen (secondary N) is 1. The lowest BCUT2D eigenvalue weighted by molar-refractivity contribution is -0.122. The number of hydrogen-bond acceptors (Lipinski definition) is 3. The number of hydrogen-bond donors (Lipinski definition) is 1. The van der Waals surface area contributed by atoms with Crippen molar-refractivity contribution in [3.63, 3.8) is 0 Å². The second-order valence-electron chi connectivity index (χ2n) is 4.45. The molecule has 0 rings (SSSR count). The van der Waals surface area contributed by atoms with Gasteiger partial charge in [0.25, 0.3) is 0 Å². The Morgan fingerprint density at radius 2 is 1.88 bits per heavy atom. The molecule has 0 aromatic rings. The highest BCUT2D eigenvalue weighted by molar-refractivity contribution is 9.10. The average molecular weight is 315 g/mol. The molecule has 1 N–H and O–H groups in total. The molecule has 0 saturated carbocycles. The summed E-state index contributed by atoms with van der Waals surface area (Å²) in [5, 5.41) is 2.72. The molecule has 0 unspecified atom stereocenters. The van der Waals surface area contributed by atoms with E-state index in [0.717, 1.165) is 4.31 Å². The van der Waals surface area contributed by atoms with Crippen LogP contribution >= 0.6 is 15.9 Å². The molecule has 0 radical (unpaired) electrons. The van der Waals surface area contributed by atoms with E-state index in [-0.39, 0.29) is 29.2 Å². The van der Waals surface area contributed by atoms with E-state index >= 15 is 0 Å². The smallest absolute Gasteiger partial charge is 0.235 e. The van der Waals surface area contributed by atoms with Crippen LogP contribution in [0.1, 0.15) is 27.7 Å². The molecule has 0 heterocycles. The zero-order valence-corrected chi connectivity index (χ0v) is 12.5. The number of alkyl halides is 1. The summed E-state index contributed by atoms with van der Waals surface area (Å²) >= 11 is 2.90. The fourth-order valence-corrected chi connectivity index (χ4v) is 2.81. The fraction of sp³-hybridized carbons (Fsp3) is 0.889. The lowest BCUT2D eigenvalue weighted by atomic mass is 10.1. The molecular weight excluding hydrogens is 296 g/mol. The van der Waals surface area contributed by atoms with Crippen LogP contribution in [0.25, 0.3) is 0 Å². The van der Waals surface area contributed by atoms with Gasteiger partial charge in [-0.2, -0.15) is 4.31 Å². The summed E-state index contributed by atoms with van der Waals surface area (Å²) in [5.41, 5.74) is -0.353. The minimum atomic E-state index is -3.37. The van der Waals surface area contributed by atoms with Crippen molar-refractivity contribution in [2.75, 3.05) is 17.8 Å². The van der Waals surface area contributed by atoms with Crippen molar-refractivity contribution in [1.82, 2.24) is 9.62 Å². The molecule has 0 aliphatic heterocycles. The molecule has 96 valence electrons. The molecule has 0 saturated heterocycles. The van der Waals surface area contributed by atoms with E-state index in [4.69, 9.17) is 0 Å². The monoisotopic (exact) mass is 314 g/mol. The van der Waals surface area contributed by atoms with E-state index in [1.165, 1.54) is 0 Å². The van der Waals surface area contributed by atoms with Crippen LogP contribution in [-0.2, 0) is 14.8 Å². The zero-order valence-electron chi connectivity index (χ0n) is 10.1. The number of halogens is 1. The Kier molecular flexibility index (Phi) is 5.92. The van der Waals surface area contributed by atoms with E-state index in [0.29, 0.717) is 0 Å². The Balaban J connectivity index is 4.52. The lowest BCUT2D eigenvalue weighted by Gasteiger charge is -2.24. The van der Waals surface area contributed by atoms with Crippen molar-refractivity contribution in [3.05, 3.63) is 0 Å². The maximum absolute atomic E-state index is 11.6. The average Bonchev–Trinajstić information content (AvgIpc) is 2.11. The topological polar surface area (TPSA) is 66.5 Å². The van der Waals surface area contributed by atoms with Gasteiger partial charge in [-0.05, 0) is 20.8 Å². The molecule has 5 nitrogen and oxygen atoms in total. The molecule has 0 spiro atoms. The summed E-state index contributed by atoms with van der Waals surface area (Å²) in [6.07, 6.45) is 0. The Hall–Kier alpha value is -0.140. The van der Waals surface area contributed by atoms with Gasteiger partial charge in [-0.3, -0.25) is 4.79 Å².